The molecule has 0 heterocycles. The van der Waals surface area contributed by atoms with Gasteiger partial charge in [-0.05, 0) is 93.5 Å². The van der Waals surface area contributed by atoms with Crippen LogP contribution in [0.15, 0.2) is 11.8 Å². The van der Waals surface area contributed by atoms with E-state index in [4.69, 9.17) is 4.84 Å². The van der Waals surface area contributed by atoms with E-state index in [0.717, 1.165) is 51.5 Å². The van der Waals surface area contributed by atoms with Crippen LogP contribution in [-0.2, 0) is 9.63 Å². The first kappa shape index (κ1) is 21.3. The van der Waals surface area contributed by atoms with E-state index in [1.807, 2.05) is 7.05 Å². The maximum atomic E-state index is 12.7. The van der Waals surface area contributed by atoms with Gasteiger partial charge in [-0.3, -0.25) is 15.1 Å². The molecule has 164 valence electrons. The molecule has 0 saturated heterocycles. The van der Waals surface area contributed by atoms with Gasteiger partial charge in [0.15, 0.2) is 0 Å². The summed E-state index contributed by atoms with van der Waals surface area (Å²) >= 11 is 0. The highest BCUT2D eigenvalue weighted by Gasteiger charge is 2.61. The van der Waals surface area contributed by atoms with E-state index >= 15 is 0 Å². The lowest BCUT2D eigenvalue weighted by atomic mass is 9.44. The average Bonchev–Trinajstić information content (AvgIpc) is 3.02. The van der Waals surface area contributed by atoms with Crippen molar-refractivity contribution in [3.05, 3.63) is 11.8 Å². The number of allylic oxidation sites excluding steroid dienone is 2. The van der Waals surface area contributed by atoms with Crippen LogP contribution in [0.4, 0.5) is 0 Å². The van der Waals surface area contributed by atoms with Crippen molar-refractivity contribution in [2.24, 2.45) is 40.4 Å². The molecule has 0 aromatic rings. The van der Waals surface area contributed by atoms with Gasteiger partial charge in [-0.2, -0.15) is 0 Å². The first-order chi connectivity index (χ1) is 13.9. The number of nitrogens with one attached hydrogen (secondary N) is 2. The van der Waals surface area contributed by atoms with Gasteiger partial charge in [-0.15, -0.1) is 0 Å². The Balaban J connectivity index is 1.50. The van der Waals surface area contributed by atoms with E-state index < -0.39 is 0 Å². The Hall–Kier alpha value is -0.910. The third-order valence-corrected chi connectivity index (χ3v) is 9.28. The highest BCUT2D eigenvalue weighted by atomic mass is 16.6. The summed E-state index contributed by atoms with van der Waals surface area (Å²) in [5, 5.41) is 13.5. The molecule has 1 unspecified atom stereocenters. The maximum Gasteiger partial charge on any atom is 0.139 e. The molecule has 0 aromatic heterocycles. The molecule has 4 rings (SSSR count). The maximum absolute atomic E-state index is 12.7. The fourth-order valence-electron chi connectivity index (χ4n) is 7.53. The van der Waals surface area contributed by atoms with Gasteiger partial charge in [0.05, 0.1) is 6.61 Å². The zero-order valence-electron chi connectivity index (χ0n) is 18.5. The molecule has 4 aliphatic carbocycles. The molecule has 5 nitrogen and oxygen atoms in total. The van der Waals surface area contributed by atoms with Gasteiger partial charge in [0.1, 0.15) is 5.78 Å². The summed E-state index contributed by atoms with van der Waals surface area (Å²) in [5.41, 5.74) is 4.57. The summed E-state index contributed by atoms with van der Waals surface area (Å²) in [6.45, 7) is 6.64. The summed E-state index contributed by atoms with van der Waals surface area (Å²) in [4.78, 5) is 18.4. The van der Waals surface area contributed by atoms with Crippen molar-refractivity contribution >= 4 is 5.78 Å². The van der Waals surface area contributed by atoms with E-state index in [2.05, 4.69) is 30.7 Å². The van der Waals surface area contributed by atoms with E-state index in [1.165, 1.54) is 12.1 Å². The quantitative estimate of drug-likeness (QED) is 0.448. The first-order valence-electron chi connectivity index (χ1n) is 11.8. The fourth-order valence-corrected chi connectivity index (χ4v) is 7.53. The van der Waals surface area contributed by atoms with Crippen LogP contribution >= 0.6 is 0 Å². The average molecular weight is 405 g/mol. The molecule has 0 bridgehead atoms. The molecule has 0 aromatic carbocycles. The number of Topliss-reactive ketones (excluding diaryl/α,β-unsaturated/α-hetero) is 1. The number of hydrogen-bond donors (Lipinski definition) is 3. The van der Waals surface area contributed by atoms with Crippen LogP contribution in [-0.4, -0.2) is 37.7 Å². The predicted molar refractivity (Wildman–Crippen MR) is 114 cm³/mol. The van der Waals surface area contributed by atoms with Crippen LogP contribution in [0.1, 0.15) is 65.2 Å². The highest BCUT2D eigenvalue weighted by molar-refractivity contribution is 5.87. The lowest BCUT2D eigenvalue weighted by Crippen LogP contribution is -2.56. The first-order valence-corrected chi connectivity index (χ1v) is 11.8. The Kier molecular flexibility index (Phi) is 6.12. The lowest BCUT2D eigenvalue weighted by molar-refractivity contribution is -0.145. The second kappa shape index (κ2) is 8.32. The van der Waals surface area contributed by atoms with Crippen molar-refractivity contribution in [3.63, 3.8) is 0 Å². The molecule has 7 atom stereocenters. The number of aliphatic hydroxyl groups excluding tert-OH is 1. The van der Waals surface area contributed by atoms with Crippen LogP contribution < -0.4 is 10.8 Å². The smallest absolute Gasteiger partial charge is 0.139 e. The van der Waals surface area contributed by atoms with E-state index in [1.54, 1.807) is 0 Å². The molecule has 3 fully saturated rings. The number of hydroxylamine groups is 1. The summed E-state index contributed by atoms with van der Waals surface area (Å²) in [7, 11) is 1.96. The summed E-state index contributed by atoms with van der Waals surface area (Å²) in [6, 6.07) is 0. The number of hydrogen-bond acceptors (Lipinski definition) is 5. The Bertz CT molecular complexity index is 650. The standard InChI is InChI=1S/C24H40N2O3/c1-23-9-7-18(26-29-12-4-11-25-3)14-17(23)13-16(15-27)22-19-5-6-21(28)24(19,2)10-8-20(22)23/h14,16-17,19-20,22,25-27H,4-13,15H2,1-3H3/t16-,17?,19-,20-,22-,23-,24-/m0/s1. The van der Waals surface area contributed by atoms with Gasteiger partial charge < -0.3 is 10.4 Å². The number of fused-ring (bicyclic) bond motifs is 5. The van der Waals surface area contributed by atoms with Crippen molar-refractivity contribution in [2.75, 3.05) is 26.8 Å². The summed E-state index contributed by atoms with van der Waals surface area (Å²) in [6.07, 6.45) is 10.6. The van der Waals surface area contributed by atoms with Gasteiger partial charge in [0.2, 0.25) is 0 Å². The molecule has 3 N–H and O–H groups in total. The molecule has 4 aliphatic rings. The Labute approximate surface area is 176 Å². The minimum absolute atomic E-state index is 0.129. The van der Waals surface area contributed by atoms with Crippen LogP contribution in [0, 0.1) is 40.4 Å². The van der Waals surface area contributed by atoms with E-state index in [9.17, 15) is 9.90 Å². The number of aliphatic hydroxyl groups is 1. The molecule has 0 radical (unpaired) electrons. The normalized spacial score (nSPS) is 43.9. The predicted octanol–water partition coefficient (Wildman–Crippen LogP) is 3.44. The van der Waals surface area contributed by atoms with Crippen LogP contribution in [0.25, 0.3) is 0 Å². The van der Waals surface area contributed by atoms with Crippen molar-refractivity contribution in [2.45, 2.75) is 65.2 Å². The van der Waals surface area contributed by atoms with Gasteiger partial charge in [0, 0.05) is 24.1 Å². The number of rotatable bonds is 7. The van der Waals surface area contributed by atoms with Gasteiger partial charge in [-0.25, -0.2) is 0 Å². The monoisotopic (exact) mass is 404 g/mol. The number of carbonyl (C=O) groups excluding carboxylic acids is 1. The second-order valence-electron chi connectivity index (χ2n) is 10.6. The molecule has 0 spiro atoms. The summed E-state index contributed by atoms with van der Waals surface area (Å²) in [5.74, 6) is 2.89. The van der Waals surface area contributed by atoms with Crippen LogP contribution in [0.5, 0.6) is 0 Å². The number of ketones is 1. The fraction of sp³-hybridized carbons (Fsp3) is 0.875. The zero-order valence-corrected chi connectivity index (χ0v) is 18.5. The molecular formula is C24H40N2O3. The highest BCUT2D eigenvalue weighted by Crippen LogP contribution is 2.66. The topological polar surface area (TPSA) is 70.6 Å². The second-order valence-corrected chi connectivity index (χ2v) is 10.6. The molecule has 0 aliphatic heterocycles. The minimum atomic E-state index is -0.129. The lowest BCUT2D eigenvalue weighted by Gasteiger charge is -2.61. The Morgan fingerprint density at radius 2 is 2.03 bits per heavy atom. The van der Waals surface area contributed by atoms with Crippen molar-refractivity contribution in [1.82, 2.24) is 10.8 Å². The third-order valence-electron chi connectivity index (χ3n) is 9.28. The van der Waals surface area contributed by atoms with E-state index in [-0.39, 0.29) is 17.4 Å². The zero-order chi connectivity index (χ0) is 20.6. The van der Waals surface area contributed by atoms with Gasteiger partial charge in [-0.1, -0.05) is 19.9 Å². The van der Waals surface area contributed by atoms with E-state index in [0.29, 0.717) is 42.0 Å². The van der Waals surface area contributed by atoms with Crippen molar-refractivity contribution in [1.29, 1.82) is 0 Å². The van der Waals surface area contributed by atoms with Crippen LogP contribution in [0.2, 0.25) is 0 Å². The van der Waals surface area contributed by atoms with Crippen LogP contribution in [0.3, 0.4) is 0 Å². The third kappa shape index (κ3) is 3.57. The Morgan fingerprint density at radius 3 is 2.79 bits per heavy atom. The molecule has 29 heavy (non-hydrogen) atoms. The molecule has 3 saturated carbocycles. The number of carbonyl (C=O) groups is 1. The molecular weight excluding hydrogens is 364 g/mol. The minimum Gasteiger partial charge on any atom is -0.396 e. The molecule has 5 heteroatoms. The van der Waals surface area contributed by atoms with Crippen molar-refractivity contribution in [3.8, 4) is 0 Å². The largest absolute Gasteiger partial charge is 0.396 e. The van der Waals surface area contributed by atoms with Gasteiger partial charge >= 0.3 is 0 Å². The summed E-state index contributed by atoms with van der Waals surface area (Å²) < 4.78 is 0. The molecule has 0 amide bonds. The van der Waals surface area contributed by atoms with Gasteiger partial charge in [0.25, 0.3) is 0 Å². The Morgan fingerprint density at radius 1 is 1.21 bits per heavy atom. The van der Waals surface area contributed by atoms with Crippen molar-refractivity contribution < 1.29 is 14.7 Å². The SMILES string of the molecule is CNCCCONC1=CC2C[C@@H](CO)[C@@H]3[C@H](CC[C@]4(C)C(=O)CC[C@@H]34)[C@@]2(C)CC1.